The number of Topliss-reactive ketones (excluding diaryl/α,β-unsaturated/α-hetero) is 1. The second-order valence-corrected chi connectivity index (χ2v) is 8.55. The van der Waals surface area contributed by atoms with Gasteiger partial charge in [-0.1, -0.05) is 42.8 Å². The lowest BCUT2D eigenvalue weighted by Gasteiger charge is -2.06. The van der Waals surface area contributed by atoms with E-state index in [1.807, 2.05) is 68.4 Å². The van der Waals surface area contributed by atoms with E-state index >= 15 is 0 Å². The van der Waals surface area contributed by atoms with Crippen molar-refractivity contribution in [1.29, 1.82) is 0 Å². The molecule has 0 aliphatic rings. The van der Waals surface area contributed by atoms with Gasteiger partial charge >= 0.3 is 5.97 Å². The van der Waals surface area contributed by atoms with Gasteiger partial charge in [0.25, 0.3) is 0 Å². The predicted molar refractivity (Wildman–Crippen MR) is 138 cm³/mol. The third-order valence-electron chi connectivity index (χ3n) is 6.13. The lowest BCUT2D eigenvalue weighted by atomic mass is 9.97. The Kier molecular flexibility index (Phi) is 6.92. The van der Waals surface area contributed by atoms with Crippen LogP contribution in [0.15, 0.2) is 65.8 Å². The molecule has 0 unspecified atom stereocenters. The van der Waals surface area contributed by atoms with Gasteiger partial charge in [0.05, 0.1) is 0 Å². The van der Waals surface area contributed by atoms with Gasteiger partial charge in [-0.05, 0) is 62.2 Å². The number of aromatic nitrogens is 1. The lowest BCUT2D eigenvalue weighted by Crippen LogP contribution is -2.15. The molecule has 0 aliphatic carbocycles. The quantitative estimate of drug-likeness (QED) is 0.132. The number of rotatable bonds is 8. The Bertz CT molecular complexity index is 1490. The SMILES string of the molecule is CCC/C(=N\OC(C)=O)C(=O)c1ccc2c(c1)c1cc(C(=O)c3ccccc3C)ccc1n2CC. The minimum Gasteiger partial charge on any atom is -0.341 e. The standard InChI is InChI=1S/C29H28N2O4/c1-5-9-25(30-35-19(4)32)29(34)21-13-15-27-24(17-21)23-16-20(12-14-26(23)31(27)6-2)28(33)22-11-8-7-10-18(22)3/h7-8,10-17H,5-6,9H2,1-4H3/b30-25+. The zero-order valence-corrected chi connectivity index (χ0v) is 20.4. The van der Waals surface area contributed by atoms with Gasteiger partial charge in [0.15, 0.2) is 5.78 Å². The molecule has 0 saturated carbocycles. The maximum Gasteiger partial charge on any atom is 0.331 e. The van der Waals surface area contributed by atoms with Gasteiger partial charge in [0.2, 0.25) is 5.78 Å². The molecule has 4 aromatic rings. The molecule has 0 aliphatic heterocycles. The summed E-state index contributed by atoms with van der Waals surface area (Å²) >= 11 is 0. The Morgan fingerprint density at radius 2 is 1.51 bits per heavy atom. The molecule has 6 heteroatoms. The van der Waals surface area contributed by atoms with Crippen LogP contribution in [0.3, 0.4) is 0 Å². The van der Waals surface area contributed by atoms with E-state index in [1.165, 1.54) is 6.92 Å². The van der Waals surface area contributed by atoms with Crippen LogP contribution in [0.5, 0.6) is 0 Å². The minimum atomic E-state index is -0.571. The second-order valence-electron chi connectivity index (χ2n) is 8.55. The summed E-state index contributed by atoms with van der Waals surface area (Å²) in [4.78, 5) is 42.5. The van der Waals surface area contributed by atoms with E-state index in [4.69, 9.17) is 4.84 Å². The van der Waals surface area contributed by atoms with Crippen molar-refractivity contribution < 1.29 is 19.2 Å². The maximum absolute atomic E-state index is 13.3. The van der Waals surface area contributed by atoms with Gasteiger partial charge in [-0.25, -0.2) is 4.79 Å². The number of benzene rings is 3. The van der Waals surface area contributed by atoms with E-state index in [-0.39, 0.29) is 17.3 Å². The topological polar surface area (TPSA) is 77.7 Å². The van der Waals surface area contributed by atoms with Crippen LogP contribution in [0, 0.1) is 6.92 Å². The summed E-state index contributed by atoms with van der Waals surface area (Å²) < 4.78 is 2.17. The number of hydrogen-bond acceptors (Lipinski definition) is 5. The normalized spacial score (nSPS) is 11.7. The minimum absolute atomic E-state index is 0.0339. The van der Waals surface area contributed by atoms with E-state index in [9.17, 15) is 14.4 Å². The largest absolute Gasteiger partial charge is 0.341 e. The number of hydrogen-bond donors (Lipinski definition) is 0. The average Bonchev–Trinajstić information content (AvgIpc) is 3.18. The van der Waals surface area contributed by atoms with E-state index < -0.39 is 5.97 Å². The molecule has 0 saturated heterocycles. The number of carbonyl (C=O) groups is 3. The summed E-state index contributed by atoms with van der Waals surface area (Å²) in [5.41, 5.74) is 4.84. The molecule has 0 bridgehead atoms. The molecule has 1 heterocycles. The molecule has 0 atom stereocenters. The molecule has 6 nitrogen and oxygen atoms in total. The third-order valence-corrected chi connectivity index (χ3v) is 6.13. The number of ketones is 2. The highest BCUT2D eigenvalue weighted by molar-refractivity contribution is 6.46. The first-order valence-electron chi connectivity index (χ1n) is 11.8. The lowest BCUT2D eigenvalue weighted by molar-refractivity contribution is -0.140. The van der Waals surface area contributed by atoms with Crippen molar-refractivity contribution >= 4 is 45.1 Å². The first-order valence-corrected chi connectivity index (χ1v) is 11.8. The van der Waals surface area contributed by atoms with Gasteiger partial charge in [0, 0.05) is 52.0 Å². The molecule has 0 fully saturated rings. The van der Waals surface area contributed by atoms with Crippen molar-refractivity contribution in [2.75, 3.05) is 0 Å². The van der Waals surface area contributed by atoms with Gasteiger partial charge in [0.1, 0.15) is 5.71 Å². The monoisotopic (exact) mass is 468 g/mol. The van der Waals surface area contributed by atoms with Crippen molar-refractivity contribution in [1.82, 2.24) is 4.57 Å². The summed E-state index contributed by atoms with van der Waals surface area (Å²) in [5.74, 6) is -0.883. The van der Waals surface area contributed by atoms with Crippen molar-refractivity contribution in [3.8, 4) is 0 Å². The molecule has 4 rings (SSSR count). The fourth-order valence-corrected chi connectivity index (χ4v) is 4.43. The Labute approximate surface area is 204 Å². The van der Waals surface area contributed by atoms with Crippen LogP contribution in [0.25, 0.3) is 21.8 Å². The highest BCUT2D eigenvalue weighted by atomic mass is 16.7. The number of oxime groups is 1. The highest BCUT2D eigenvalue weighted by Crippen LogP contribution is 2.32. The molecule has 0 spiro atoms. The van der Waals surface area contributed by atoms with Crippen molar-refractivity contribution in [3.05, 3.63) is 82.9 Å². The summed E-state index contributed by atoms with van der Waals surface area (Å²) in [6.07, 6.45) is 1.09. The van der Waals surface area contributed by atoms with Crippen molar-refractivity contribution in [2.45, 2.75) is 47.1 Å². The van der Waals surface area contributed by atoms with Gasteiger partial charge in [-0.2, -0.15) is 0 Å². The van der Waals surface area contributed by atoms with Crippen LogP contribution in [0.1, 0.15) is 65.5 Å². The van der Waals surface area contributed by atoms with Crippen molar-refractivity contribution in [3.63, 3.8) is 0 Å². The molecule has 0 radical (unpaired) electrons. The van der Waals surface area contributed by atoms with Gasteiger partial charge < -0.3 is 9.40 Å². The number of fused-ring (bicyclic) bond motifs is 3. The van der Waals surface area contributed by atoms with Gasteiger partial charge in [-0.15, -0.1) is 0 Å². The third kappa shape index (κ3) is 4.64. The first kappa shape index (κ1) is 24.1. The van der Waals surface area contributed by atoms with E-state index in [2.05, 4.69) is 16.6 Å². The number of nitrogens with zero attached hydrogens (tertiary/aromatic N) is 2. The second kappa shape index (κ2) is 10.1. The smallest absolute Gasteiger partial charge is 0.331 e. The van der Waals surface area contributed by atoms with E-state index in [0.29, 0.717) is 29.5 Å². The fourth-order valence-electron chi connectivity index (χ4n) is 4.43. The van der Waals surface area contributed by atoms with E-state index in [0.717, 1.165) is 33.9 Å². The zero-order valence-electron chi connectivity index (χ0n) is 20.4. The molecular formula is C29H28N2O4. The van der Waals surface area contributed by atoms with Crippen molar-refractivity contribution in [2.24, 2.45) is 5.16 Å². The van der Waals surface area contributed by atoms with Crippen LogP contribution in [0.4, 0.5) is 0 Å². The molecule has 0 amide bonds. The highest BCUT2D eigenvalue weighted by Gasteiger charge is 2.19. The number of carbonyl (C=O) groups excluding carboxylic acids is 3. The molecule has 3 aromatic carbocycles. The van der Waals surface area contributed by atoms with Crippen LogP contribution in [-0.4, -0.2) is 27.8 Å². The predicted octanol–water partition coefficient (Wildman–Crippen LogP) is 6.26. The summed E-state index contributed by atoms with van der Waals surface area (Å²) in [6.45, 7) is 7.92. The Morgan fingerprint density at radius 1 is 0.886 bits per heavy atom. The van der Waals surface area contributed by atoms with Crippen LogP contribution in [-0.2, 0) is 16.2 Å². The Balaban J connectivity index is 1.85. The van der Waals surface area contributed by atoms with Crippen LogP contribution in [0.2, 0.25) is 0 Å². The Hall–Kier alpha value is -4.06. The fraction of sp³-hybridized carbons (Fsp3) is 0.241. The summed E-state index contributed by atoms with van der Waals surface area (Å²) in [7, 11) is 0. The summed E-state index contributed by atoms with van der Waals surface area (Å²) in [5, 5.41) is 5.59. The van der Waals surface area contributed by atoms with E-state index in [1.54, 1.807) is 6.07 Å². The molecule has 178 valence electrons. The summed E-state index contributed by atoms with van der Waals surface area (Å²) in [6, 6.07) is 18.8. The van der Waals surface area contributed by atoms with Gasteiger partial charge in [-0.3, -0.25) is 9.59 Å². The van der Waals surface area contributed by atoms with Crippen LogP contribution < -0.4 is 0 Å². The molecule has 1 aromatic heterocycles. The molecule has 35 heavy (non-hydrogen) atoms. The Morgan fingerprint density at radius 3 is 2.11 bits per heavy atom. The average molecular weight is 469 g/mol. The first-order chi connectivity index (χ1) is 16.8. The van der Waals surface area contributed by atoms with Crippen LogP contribution >= 0.6 is 0 Å². The molecule has 0 N–H and O–H groups in total. The number of aryl methyl sites for hydroxylation is 2. The molecular weight excluding hydrogens is 440 g/mol. The maximum atomic E-state index is 13.3. The zero-order chi connectivity index (χ0) is 25.1.